The molecule has 0 heterocycles. The molecule has 3 nitrogen and oxygen atoms in total. The maximum Gasteiger partial charge on any atom is 0.0248 e. The second kappa shape index (κ2) is 6.17. The van der Waals surface area contributed by atoms with Crippen LogP contribution in [-0.4, -0.2) is 25.1 Å². The van der Waals surface area contributed by atoms with E-state index in [4.69, 9.17) is 11.6 Å². The average molecular weight is 126 g/mol. The Morgan fingerprint density at radius 2 is 2.00 bits per heavy atom. The number of hydrogen-bond acceptors (Lipinski definition) is 3. The number of likely N-dealkylation sites (N-methyl/N-ethyl adjacent to an activating group) is 1. The zero-order valence-corrected chi connectivity index (χ0v) is 5.24. The molecule has 0 bridgehead atoms. The molecular weight excluding hydrogens is 114 g/mol. The molecule has 0 rings (SSSR count). The first kappa shape index (κ1) is 10.2. The van der Waals surface area contributed by atoms with Crippen molar-refractivity contribution in [1.29, 1.82) is 0 Å². The van der Waals surface area contributed by atoms with Crippen molar-refractivity contribution in [2.45, 2.75) is 0 Å². The van der Waals surface area contributed by atoms with Crippen LogP contribution in [0.5, 0.6) is 0 Å². The van der Waals surface area contributed by atoms with E-state index in [1.54, 1.807) is 12.1 Å². The molecule has 0 saturated carbocycles. The van der Waals surface area contributed by atoms with E-state index in [9.17, 15) is 0 Å². The third kappa shape index (κ3) is 10.7. The highest BCUT2D eigenvalue weighted by Crippen LogP contribution is 1.58. The van der Waals surface area contributed by atoms with Gasteiger partial charge in [0.05, 0.1) is 0 Å². The normalized spacial score (nSPS) is 8.57. The molecule has 7 heavy (non-hydrogen) atoms. The summed E-state index contributed by atoms with van der Waals surface area (Å²) in [7, 11) is 1.78. The Morgan fingerprint density at radius 1 is 1.57 bits per heavy atom. The van der Waals surface area contributed by atoms with Gasteiger partial charge in [-0.25, -0.2) is 5.01 Å². The van der Waals surface area contributed by atoms with E-state index in [0.29, 0.717) is 6.54 Å². The molecule has 4 N–H and O–H groups in total. The number of hydrogen-bond donors (Lipinski definition) is 2. The highest BCUT2D eigenvalue weighted by atomic mass is 35.5. The summed E-state index contributed by atoms with van der Waals surface area (Å²) in [5, 5.41) is 1.56. The number of halogens is 1. The Labute approximate surface area is 50.0 Å². The van der Waals surface area contributed by atoms with Crippen LogP contribution < -0.4 is 11.6 Å². The average Bonchev–Trinajstić information content (AvgIpc) is 1.35. The van der Waals surface area contributed by atoms with Crippen molar-refractivity contribution in [3.63, 3.8) is 0 Å². The van der Waals surface area contributed by atoms with Crippen LogP contribution in [0.4, 0.5) is 0 Å². The summed E-state index contributed by atoms with van der Waals surface area (Å²) in [6.45, 7) is 1.40. The van der Waals surface area contributed by atoms with Crippen molar-refractivity contribution in [3.05, 3.63) is 0 Å². The minimum Gasteiger partial charge on any atom is -0.329 e. The van der Waals surface area contributed by atoms with Gasteiger partial charge in [0, 0.05) is 20.1 Å². The lowest BCUT2D eigenvalue weighted by Gasteiger charge is -2.03. The zero-order chi connectivity index (χ0) is 4.99. The predicted molar refractivity (Wildman–Crippen MR) is 33.1 cm³/mol. The van der Waals surface area contributed by atoms with Crippen molar-refractivity contribution < 1.29 is 0 Å². The smallest absolute Gasteiger partial charge is 0.0248 e. The van der Waals surface area contributed by atoms with Gasteiger partial charge in [0.15, 0.2) is 0 Å². The lowest BCUT2D eigenvalue weighted by atomic mass is 10.6. The monoisotopic (exact) mass is 125 g/mol. The van der Waals surface area contributed by atoms with Crippen molar-refractivity contribution in [2.24, 2.45) is 11.6 Å². The SMILES string of the molecule is CN(N)CCN.Cl. The highest BCUT2D eigenvalue weighted by molar-refractivity contribution is 5.85. The van der Waals surface area contributed by atoms with Crippen LogP contribution >= 0.6 is 12.4 Å². The molecule has 0 aromatic rings. The fourth-order valence-electron chi connectivity index (χ4n) is 0.204. The highest BCUT2D eigenvalue weighted by Gasteiger charge is 1.79. The van der Waals surface area contributed by atoms with E-state index in [2.05, 4.69) is 0 Å². The molecule has 0 radical (unpaired) electrons. The second-order valence-electron chi connectivity index (χ2n) is 1.27. The maximum atomic E-state index is 5.16. The molecule has 0 spiro atoms. The largest absolute Gasteiger partial charge is 0.329 e. The van der Waals surface area contributed by atoms with Crippen LogP contribution in [0.1, 0.15) is 0 Å². The molecule has 0 aliphatic carbocycles. The molecule has 0 fully saturated rings. The lowest BCUT2D eigenvalue weighted by Crippen LogP contribution is -2.31. The van der Waals surface area contributed by atoms with Gasteiger partial charge < -0.3 is 5.73 Å². The van der Waals surface area contributed by atoms with Gasteiger partial charge in [-0.1, -0.05) is 0 Å². The molecule has 0 amide bonds. The number of nitrogens with two attached hydrogens (primary N) is 2. The fourth-order valence-corrected chi connectivity index (χ4v) is 0.204. The number of rotatable bonds is 2. The molecule has 0 aliphatic heterocycles. The topological polar surface area (TPSA) is 55.3 Å². The minimum atomic E-state index is 0. The van der Waals surface area contributed by atoms with E-state index < -0.39 is 0 Å². The Hall–Kier alpha value is 0.170. The molecule has 0 unspecified atom stereocenters. The molecule has 0 aromatic heterocycles. The Morgan fingerprint density at radius 3 is 2.00 bits per heavy atom. The van der Waals surface area contributed by atoms with Gasteiger partial charge in [-0.3, -0.25) is 5.84 Å². The number of hydrazine groups is 1. The Balaban J connectivity index is 0. The third-order valence-corrected chi connectivity index (χ3v) is 0.482. The summed E-state index contributed by atoms with van der Waals surface area (Å²) < 4.78 is 0. The second-order valence-corrected chi connectivity index (χ2v) is 1.27. The van der Waals surface area contributed by atoms with Crippen molar-refractivity contribution in [1.82, 2.24) is 5.01 Å². The van der Waals surface area contributed by atoms with Crippen LogP contribution in [-0.2, 0) is 0 Å². The minimum absolute atomic E-state index is 0. The molecule has 0 aliphatic rings. The van der Waals surface area contributed by atoms with Crippen LogP contribution in [0.25, 0.3) is 0 Å². The standard InChI is InChI=1S/C3H11N3.ClH/c1-6(5)3-2-4;/h2-5H2,1H3;1H. The van der Waals surface area contributed by atoms with Crippen molar-refractivity contribution in [3.8, 4) is 0 Å². The molecule has 0 atom stereocenters. The van der Waals surface area contributed by atoms with Gasteiger partial charge in [-0.05, 0) is 0 Å². The maximum absolute atomic E-state index is 5.16. The lowest BCUT2D eigenvalue weighted by molar-refractivity contribution is 0.359. The quantitative estimate of drug-likeness (QED) is 0.374. The van der Waals surface area contributed by atoms with Gasteiger partial charge in [0.1, 0.15) is 0 Å². The van der Waals surface area contributed by atoms with E-state index in [1.807, 2.05) is 0 Å². The summed E-state index contributed by atoms with van der Waals surface area (Å²) in [5.41, 5.74) is 5.11. The van der Waals surface area contributed by atoms with E-state index in [1.165, 1.54) is 0 Å². The van der Waals surface area contributed by atoms with Gasteiger partial charge in [0.25, 0.3) is 0 Å². The van der Waals surface area contributed by atoms with E-state index in [-0.39, 0.29) is 12.4 Å². The summed E-state index contributed by atoms with van der Waals surface area (Å²) >= 11 is 0. The predicted octanol–water partition coefficient (Wildman–Crippen LogP) is -0.828. The van der Waals surface area contributed by atoms with E-state index >= 15 is 0 Å². The fraction of sp³-hybridized carbons (Fsp3) is 1.00. The molecule has 0 aromatic carbocycles. The molecule has 4 heteroatoms. The van der Waals surface area contributed by atoms with Crippen molar-refractivity contribution >= 4 is 12.4 Å². The first-order chi connectivity index (χ1) is 2.77. The molecule has 0 saturated heterocycles. The zero-order valence-electron chi connectivity index (χ0n) is 4.42. The van der Waals surface area contributed by atoms with Gasteiger partial charge >= 0.3 is 0 Å². The molecule has 46 valence electrons. The van der Waals surface area contributed by atoms with Gasteiger partial charge in [-0.2, -0.15) is 0 Å². The van der Waals surface area contributed by atoms with Crippen LogP contribution in [0.2, 0.25) is 0 Å². The summed E-state index contributed by atoms with van der Waals surface area (Å²) in [5.74, 6) is 5.16. The first-order valence-electron chi connectivity index (χ1n) is 1.93. The van der Waals surface area contributed by atoms with Crippen molar-refractivity contribution in [2.75, 3.05) is 20.1 Å². The summed E-state index contributed by atoms with van der Waals surface area (Å²) in [4.78, 5) is 0. The van der Waals surface area contributed by atoms with Crippen LogP contribution in [0, 0.1) is 0 Å². The van der Waals surface area contributed by atoms with Gasteiger partial charge in [0.2, 0.25) is 0 Å². The summed E-state index contributed by atoms with van der Waals surface area (Å²) in [6, 6.07) is 0. The Kier molecular flexibility index (Phi) is 9.00. The van der Waals surface area contributed by atoms with E-state index in [0.717, 1.165) is 6.54 Å². The summed E-state index contributed by atoms with van der Waals surface area (Å²) in [6.07, 6.45) is 0. The molecular formula is C3H12ClN3. The first-order valence-corrected chi connectivity index (χ1v) is 1.93. The van der Waals surface area contributed by atoms with Gasteiger partial charge in [-0.15, -0.1) is 12.4 Å². The third-order valence-electron chi connectivity index (χ3n) is 0.482. The Bertz CT molecular complexity index is 31.4. The van der Waals surface area contributed by atoms with Crippen LogP contribution in [0.15, 0.2) is 0 Å². The number of nitrogens with zero attached hydrogens (tertiary/aromatic N) is 1. The van der Waals surface area contributed by atoms with Crippen LogP contribution in [0.3, 0.4) is 0 Å².